The summed E-state index contributed by atoms with van der Waals surface area (Å²) in [7, 11) is 0. The third-order valence-electron chi connectivity index (χ3n) is 5.98. The minimum Gasteiger partial charge on any atom is -0.507 e. The highest BCUT2D eigenvalue weighted by molar-refractivity contribution is 6.04. The van der Waals surface area contributed by atoms with Gasteiger partial charge in [-0.2, -0.15) is 5.10 Å². The Labute approximate surface area is 178 Å². The zero-order valence-corrected chi connectivity index (χ0v) is 17.5. The molecule has 1 aliphatic heterocycles. The van der Waals surface area contributed by atoms with Crippen LogP contribution in [-0.4, -0.2) is 30.3 Å². The summed E-state index contributed by atoms with van der Waals surface area (Å²) >= 11 is 0. The van der Waals surface area contributed by atoms with Gasteiger partial charge in [-0.3, -0.25) is 4.79 Å². The Kier molecular flexibility index (Phi) is 4.25. The molecule has 5 rings (SSSR count). The summed E-state index contributed by atoms with van der Waals surface area (Å²) in [4.78, 5) is 25.1. The Morgan fingerprint density at radius 1 is 1.19 bits per heavy atom. The number of benzene rings is 2. The van der Waals surface area contributed by atoms with Gasteiger partial charge in [-0.25, -0.2) is 14.5 Å². The van der Waals surface area contributed by atoms with E-state index in [1.807, 2.05) is 37.4 Å². The van der Waals surface area contributed by atoms with E-state index in [1.54, 1.807) is 6.07 Å². The maximum atomic E-state index is 12.8. The first-order valence-corrected chi connectivity index (χ1v) is 10.4. The standard InChI is InChI=1S/C23H23N5O3/c1-4-13-15-10-16(20(29)11-17(15)24-22(13)30)21-25-26-23(31)28(21)19-7-5-6-18-14(19)8-9-27(18)12(2)3/h5-13,29H,4H2,1-3H3,(H,24,30)(H,26,31). The number of aromatic nitrogens is 4. The molecule has 0 radical (unpaired) electrons. The minimum atomic E-state index is -0.402. The summed E-state index contributed by atoms with van der Waals surface area (Å²) in [5, 5.41) is 21.2. The van der Waals surface area contributed by atoms with Crippen molar-refractivity contribution in [2.45, 2.75) is 39.2 Å². The van der Waals surface area contributed by atoms with Gasteiger partial charge in [-0.15, -0.1) is 0 Å². The first-order chi connectivity index (χ1) is 14.9. The number of anilines is 1. The molecule has 3 heterocycles. The topological polar surface area (TPSA) is 105 Å². The van der Waals surface area contributed by atoms with Crippen LogP contribution in [-0.2, 0) is 4.79 Å². The summed E-state index contributed by atoms with van der Waals surface area (Å²) in [6.07, 6.45) is 2.64. The molecule has 4 aromatic rings. The lowest BCUT2D eigenvalue weighted by Crippen LogP contribution is -2.16. The summed E-state index contributed by atoms with van der Waals surface area (Å²) in [5.74, 6) is -0.141. The monoisotopic (exact) mass is 417 g/mol. The first kappa shape index (κ1) is 19.2. The van der Waals surface area contributed by atoms with Gasteiger partial charge >= 0.3 is 5.69 Å². The van der Waals surface area contributed by atoms with Crippen molar-refractivity contribution >= 4 is 22.5 Å². The molecule has 1 amide bonds. The fraction of sp³-hybridized carbons (Fsp3) is 0.261. The van der Waals surface area contributed by atoms with Gasteiger partial charge in [0.05, 0.1) is 22.7 Å². The highest BCUT2D eigenvalue weighted by atomic mass is 16.3. The zero-order valence-electron chi connectivity index (χ0n) is 17.5. The number of hydrogen-bond acceptors (Lipinski definition) is 4. The zero-order chi connectivity index (χ0) is 21.9. The van der Waals surface area contributed by atoms with Crippen LogP contribution in [0.2, 0.25) is 0 Å². The average molecular weight is 417 g/mol. The van der Waals surface area contributed by atoms with Gasteiger partial charge in [-0.1, -0.05) is 13.0 Å². The van der Waals surface area contributed by atoms with E-state index < -0.39 is 5.69 Å². The number of aromatic amines is 1. The fourth-order valence-corrected chi connectivity index (χ4v) is 4.47. The van der Waals surface area contributed by atoms with Gasteiger partial charge in [0.1, 0.15) is 5.75 Å². The van der Waals surface area contributed by atoms with Crippen LogP contribution in [0.5, 0.6) is 5.75 Å². The highest BCUT2D eigenvalue weighted by Crippen LogP contribution is 2.42. The molecular weight excluding hydrogens is 394 g/mol. The van der Waals surface area contributed by atoms with E-state index in [-0.39, 0.29) is 23.6 Å². The third-order valence-corrected chi connectivity index (χ3v) is 5.98. The number of phenolic OH excluding ortho intramolecular Hbond substituents is 1. The van der Waals surface area contributed by atoms with Gasteiger partial charge in [0.25, 0.3) is 0 Å². The lowest BCUT2D eigenvalue weighted by molar-refractivity contribution is -0.117. The molecule has 1 aliphatic rings. The molecule has 1 unspecified atom stereocenters. The fourth-order valence-electron chi connectivity index (χ4n) is 4.47. The molecule has 1 atom stereocenters. The van der Waals surface area contributed by atoms with E-state index in [0.717, 1.165) is 16.5 Å². The molecular formula is C23H23N5O3. The molecule has 0 spiro atoms. The first-order valence-electron chi connectivity index (χ1n) is 10.4. The van der Waals surface area contributed by atoms with E-state index >= 15 is 0 Å². The number of carbonyl (C=O) groups is 1. The molecule has 0 fully saturated rings. The minimum absolute atomic E-state index is 0.0528. The number of nitrogens with one attached hydrogen (secondary N) is 2. The smallest absolute Gasteiger partial charge is 0.348 e. The van der Waals surface area contributed by atoms with Crippen LogP contribution in [0, 0.1) is 0 Å². The summed E-state index contributed by atoms with van der Waals surface area (Å²) in [5.41, 5.74) is 3.07. The molecule has 0 saturated heterocycles. The lowest BCUT2D eigenvalue weighted by Gasteiger charge is -2.13. The summed E-state index contributed by atoms with van der Waals surface area (Å²) < 4.78 is 3.61. The molecule has 158 valence electrons. The Balaban J connectivity index is 1.74. The van der Waals surface area contributed by atoms with Crippen molar-refractivity contribution in [2.75, 3.05) is 5.32 Å². The normalized spacial score (nSPS) is 15.6. The van der Waals surface area contributed by atoms with E-state index in [0.29, 0.717) is 29.2 Å². The van der Waals surface area contributed by atoms with E-state index in [2.05, 4.69) is 33.9 Å². The van der Waals surface area contributed by atoms with Crippen LogP contribution in [0.4, 0.5) is 5.69 Å². The maximum absolute atomic E-state index is 12.8. The molecule has 0 bridgehead atoms. The van der Waals surface area contributed by atoms with Crippen LogP contribution in [0.3, 0.4) is 0 Å². The van der Waals surface area contributed by atoms with Crippen molar-refractivity contribution in [1.82, 2.24) is 19.3 Å². The number of hydrogen-bond donors (Lipinski definition) is 3. The van der Waals surface area contributed by atoms with Gasteiger partial charge in [0, 0.05) is 29.4 Å². The van der Waals surface area contributed by atoms with Gasteiger partial charge in [0.15, 0.2) is 5.82 Å². The Bertz CT molecular complexity index is 1390. The molecule has 2 aromatic heterocycles. The number of rotatable bonds is 4. The second-order valence-electron chi connectivity index (χ2n) is 8.12. The van der Waals surface area contributed by atoms with Crippen LogP contribution >= 0.6 is 0 Å². The van der Waals surface area contributed by atoms with E-state index in [4.69, 9.17) is 0 Å². The molecule has 0 saturated carbocycles. The van der Waals surface area contributed by atoms with Crippen molar-refractivity contribution in [3.8, 4) is 22.8 Å². The highest BCUT2D eigenvalue weighted by Gasteiger charge is 2.31. The van der Waals surface area contributed by atoms with Crippen molar-refractivity contribution in [3.05, 3.63) is 58.6 Å². The van der Waals surface area contributed by atoms with Crippen LogP contribution in [0.25, 0.3) is 28.0 Å². The molecule has 0 aliphatic carbocycles. The van der Waals surface area contributed by atoms with Crippen LogP contribution in [0.1, 0.15) is 44.7 Å². The van der Waals surface area contributed by atoms with Crippen LogP contribution < -0.4 is 11.0 Å². The molecule has 8 heteroatoms. The van der Waals surface area contributed by atoms with Gasteiger partial charge in [-0.05, 0) is 50.1 Å². The summed E-state index contributed by atoms with van der Waals surface area (Å²) in [6.45, 7) is 6.14. The molecule has 2 aromatic carbocycles. The summed E-state index contributed by atoms with van der Waals surface area (Å²) in [6, 6.07) is 11.3. The van der Waals surface area contributed by atoms with E-state index in [1.165, 1.54) is 10.6 Å². The van der Waals surface area contributed by atoms with Crippen molar-refractivity contribution in [2.24, 2.45) is 0 Å². The van der Waals surface area contributed by atoms with Gasteiger partial charge in [0.2, 0.25) is 5.91 Å². The quantitative estimate of drug-likeness (QED) is 0.468. The number of amides is 1. The predicted molar refractivity (Wildman–Crippen MR) is 119 cm³/mol. The average Bonchev–Trinajstić information content (AvgIpc) is 3.41. The largest absolute Gasteiger partial charge is 0.507 e. The number of nitrogens with zero attached hydrogens (tertiary/aromatic N) is 3. The van der Waals surface area contributed by atoms with Gasteiger partial charge < -0.3 is 15.0 Å². The number of fused-ring (bicyclic) bond motifs is 2. The second kappa shape index (κ2) is 6.87. The Morgan fingerprint density at radius 3 is 2.74 bits per heavy atom. The molecule has 8 nitrogen and oxygen atoms in total. The molecule has 3 N–H and O–H groups in total. The van der Waals surface area contributed by atoms with Crippen molar-refractivity contribution in [3.63, 3.8) is 0 Å². The van der Waals surface area contributed by atoms with Crippen LogP contribution in [0.15, 0.2) is 47.4 Å². The maximum Gasteiger partial charge on any atom is 0.348 e. The number of H-pyrrole nitrogens is 1. The third kappa shape index (κ3) is 2.78. The Morgan fingerprint density at radius 2 is 2.00 bits per heavy atom. The number of phenols is 1. The van der Waals surface area contributed by atoms with Crippen molar-refractivity contribution in [1.29, 1.82) is 0 Å². The molecule has 31 heavy (non-hydrogen) atoms. The number of carbonyl (C=O) groups excluding carboxylic acids is 1. The predicted octanol–water partition coefficient (Wildman–Crippen LogP) is 3.91. The lowest BCUT2D eigenvalue weighted by atomic mass is 9.95. The Hall–Kier alpha value is -3.81. The van der Waals surface area contributed by atoms with Crippen molar-refractivity contribution < 1.29 is 9.90 Å². The second-order valence-corrected chi connectivity index (χ2v) is 8.12. The number of aromatic hydroxyl groups is 1. The van der Waals surface area contributed by atoms with E-state index in [9.17, 15) is 14.7 Å². The SMILES string of the molecule is CCC1C(=O)Nc2cc(O)c(-c3n[nH]c(=O)n3-c3cccc4c3ccn4C(C)C)cc21.